The molecule has 2 aromatic heterocycles. The molecular formula is C19H23N5O. The average molecular weight is 337 g/mol. The van der Waals surface area contributed by atoms with E-state index in [0.717, 1.165) is 28.8 Å². The first-order chi connectivity index (χ1) is 12.1. The number of nitrogens with zero attached hydrogens (tertiary/aromatic N) is 3. The number of para-hydroxylation sites is 2. The molecule has 2 atom stereocenters. The van der Waals surface area contributed by atoms with E-state index in [0.29, 0.717) is 0 Å². The number of fused-ring (bicyclic) bond motifs is 1. The van der Waals surface area contributed by atoms with Crippen molar-refractivity contribution in [2.45, 2.75) is 26.3 Å². The summed E-state index contributed by atoms with van der Waals surface area (Å²) in [4.78, 5) is 20.4. The van der Waals surface area contributed by atoms with Crippen molar-refractivity contribution in [1.29, 1.82) is 0 Å². The molecule has 0 aliphatic rings. The molecular weight excluding hydrogens is 314 g/mol. The van der Waals surface area contributed by atoms with Crippen molar-refractivity contribution in [3.8, 4) is 0 Å². The van der Waals surface area contributed by atoms with Crippen LogP contribution in [0.15, 0.2) is 42.7 Å². The molecule has 0 aliphatic carbocycles. The minimum atomic E-state index is -0.163. The Balaban J connectivity index is 1.78. The van der Waals surface area contributed by atoms with Crippen molar-refractivity contribution in [1.82, 2.24) is 25.1 Å². The molecule has 3 rings (SSSR count). The van der Waals surface area contributed by atoms with Crippen molar-refractivity contribution in [2.75, 3.05) is 0 Å². The van der Waals surface area contributed by atoms with Crippen LogP contribution in [0, 0.1) is 5.92 Å². The third-order valence-electron chi connectivity index (χ3n) is 4.37. The van der Waals surface area contributed by atoms with Crippen LogP contribution in [0.4, 0.5) is 0 Å². The second-order valence-electron chi connectivity index (χ2n) is 6.29. The summed E-state index contributed by atoms with van der Waals surface area (Å²) < 4.78 is 1.70. The Morgan fingerprint density at radius 2 is 2.20 bits per heavy atom. The zero-order valence-corrected chi connectivity index (χ0v) is 14.7. The van der Waals surface area contributed by atoms with Crippen LogP contribution in [-0.2, 0) is 11.8 Å². The molecule has 2 N–H and O–H groups in total. The van der Waals surface area contributed by atoms with E-state index in [2.05, 4.69) is 34.2 Å². The lowest BCUT2D eigenvalue weighted by atomic mass is 9.98. The number of nitrogens with one attached hydrogen (secondary N) is 2. The maximum atomic E-state index is 12.4. The van der Waals surface area contributed by atoms with Crippen LogP contribution in [0.2, 0.25) is 0 Å². The molecule has 2 heterocycles. The highest BCUT2D eigenvalue weighted by molar-refractivity contribution is 5.92. The summed E-state index contributed by atoms with van der Waals surface area (Å²) >= 11 is 0. The van der Waals surface area contributed by atoms with Gasteiger partial charge >= 0.3 is 0 Å². The first-order valence-corrected chi connectivity index (χ1v) is 8.48. The largest absolute Gasteiger partial charge is 0.342 e. The number of hydrogen-bond donors (Lipinski definition) is 2. The maximum Gasteiger partial charge on any atom is 0.244 e. The van der Waals surface area contributed by atoms with Crippen molar-refractivity contribution in [3.05, 3.63) is 54.1 Å². The fourth-order valence-corrected chi connectivity index (χ4v) is 2.74. The van der Waals surface area contributed by atoms with Gasteiger partial charge in [-0.15, -0.1) is 0 Å². The quantitative estimate of drug-likeness (QED) is 0.678. The van der Waals surface area contributed by atoms with Gasteiger partial charge in [0.1, 0.15) is 5.82 Å². The van der Waals surface area contributed by atoms with Crippen LogP contribution < -0.4 is 5.32 Å². The molecule has 0 bridgehead atoms. The number of imidazole rings is 1. The monoisotopic (exact) mass is 337 g/mol. The summed E-state index contributed by atoms with van der Waals surface area (Å²) in [5.74, 6) is 0.907. The highest BCUT2D eigenvalue weighted by atomic mass is 16.1. The van der Waals surface area contributed by atoms with E-state index in [9.17, 15) is 4.79 Å². The summed E-state index contributed by atoms with van der Waals surface area (Å²) in [5.41, 5.74) is 2.78. The number of carbonyl (C=O) groups excluding carboxylic acids is 1. The van der Waals surface area contributed by atoms with Crippen LogP contribution in [0.3, 0.4) is 0 Å². The van der Waals surface area contributed by atoms with Gasteiger partial charge in [-0.1, -0.05) is 32.4 Å². The number of hydrogen-bond acceptors (Lipinski definition) is 3. The van der Waals surface area contributed by atoms with Crippen LogP contribution in [0.25, 0.3) is 17.1 Å². The normalized spacial score (nSPS) is 14.0. The lowest BCUT2D eigenvalue weighted by molar-refractivity contribution is -0.117. The Morgan fingerprint density at radius 3 is 2.88 bits per heavy atom. The van der Waals surface area contributed by atoms with Gasteiger partial charge in [-0.25, -0.2) is 4.98 Å². The summed E-state index contributed by atoms with van der Waals surface area (Å²) in [6.45, 7) is 4.22. The topological polar surface area (TPSA) is 75.6 Å². The van der Waals surface area contributed by atoms with Crippen molar-refractivity contribution >= 4 is 23.0 Å². The highest BCUT2D eigenvalue weighted by Crippen LogP contribution is 2.24. The van der Waals surface area contributed by atoms with E-state index in [1.165, 1.54) is 6.08 Å². The van der Waals surface area contributed by atoms with Crippen LogP contribution in [0.1, 0.15) is 37.7 Å². The number of aryl methyl sites for hydroxylation is 1. The highest BCUT2D eigenvalue weighted by Gasteiger charge is 2.22. The Morgan fingerprint density at radius 1 is 1.40 bits per heavy atom. The van der Waals surface area contributed by atoms with E-state index in [4.69, 9.17) is 0 Å². The molecule has 0 aliphatic heterocycles. The average Bonchev–Trinajstić information content (AvgIpc) is 3.22. The van der Waals surface area contributed by atoms with E-state index in [-0.39, 0.29) is 17.9 Å². The van der Waals surface area contributed by atoms with E-state index in [1.54, 1.807) is 17.0 Å². The van der Waals surface area contributed by atoms with Gasteiger partial charge in [0.25, 0.3) is 0 Å². The lowest BCUT2D eigenvalue weighted by Crippen LogP contribution is -2.32. The minimum absolute atomic E-state index is 0.144. The first-order valence-electron chi connectivity index (χ1n) is 8.48. The second-order valence-corrected chi connectivity index (χ2v) is 6.29. The minimum Gasteiger partial charge on any atom is -0.342 e. The third-order valence-corrected chi connectivity index (χ3v) is 4.37. The number of aromatic amines is 1. The molecule has 0 radical (unpaired) electrons. The first kappa shape index (κ1) is 17.0. The van der Waals surface area contributed by atoms with Crippen LogP contribution in [0.5, 0.6) is 0 Å². The fourth-order valence-electron chi connectivity index (χ4n) is 2.74. The van der Waals surface area contributed by atoms with Gasteiger partial charge in [-0.2, -0.15) is 5.10 Å². The number of aromatic nitrogens is 4. The van der Waals surface area contributed by atoms with Crippen LogP contribution >= 0.6 is 0 Å². The predicted octanol–water partition coefficient (Wildman–Crippen LogP) is 3.21. The SMILES string of the molecule is CC[C@H](C)[C@H](NC(=O)/C=C\c1cnn(C)c1)c1nc2ccccc2[nH]1. The number of amides is 1. The Kier molecular flexibility index (Phi) is 4.97. The Labute approximate surface area is 147 Å². The smallest absolute Gasteiger partial charge is 0.244 e. The maximum absolute atomic E-state index is 12.4. The lowest BCUT2D eigenvalue weighted by Gasteiger charge is -2.21. The zero-order valence-electron chi connectivity index (χ0n) is 14.7. The zero-order chi connectivity index (χ0) is 17.8. The Bertz CT molecular complexity index is 859. The summed E-state index contributed by atoms with van der Waals surface area (Å²) in [6.07, 6.45) is 7.81. The molecule has 25 heavy (non-hydrogen) atoms. The molecule has 0 fully saturated rings. The second kappa shape index (κ2) is 7.34. The van der Waals surface area contributed by atoms with Gasteiger partial charge in [-0.05, 0) is 24.1 Å². The van der Waals surface area contributed by atoms with Crippen molar-refractivity contribution in [2.24, 2.45) is 13.0 Å². The molecule has 6 heteroatoms. The molecule has 0 spiro atoms. The molecule has 130 valence electrons. The standard InChI is InChI=1S/C19H23N5O/c1-4-13(2)18(19-21-15-7-5-6-8-16(15)22-19)23-17(25)10-9-14-11-20-24(3)12-14/h5-13,18H,4H2,1-3H3,(H,21,22)(H,23,25)/b10-9-/t13-,18-/m0/s1. The van der Waals surface area contributed by atoms with Gasteiger partial charge in [0.05, 0.1) is 23.3 Å². The van der Waals surface area contributed by atoms with Crippen molar-refractivity contribution in [3.63, 3.8) is 0 Å². The molecule has 0 saturated carbocycles. The van der Waals surface area contributed by atoms with Crippen molar-refractivity contribution < 1.29 is 4.79 Å². The molecule has 1 amide bonds. The summed E-state index contributed by atoms with van der Waals surface area (Å²) in [6, 6.07) is 7.72. The van der Waals surface area contributed by atoms with E-state index >= 15 is 0 Å². The number of benzene rings is 1. The van der Waals surface area contributed by atoms with E-state index in [1.807, 2.05) is 37.5 Å². The number of carbonyl (C=O) groups is 1. The number of H-pyrrole nitrogens is 1. The van der Waals surface area contributed by atoms with Gasteiger partial charge in [0.2, 0.25) is 5.91 Å². The van der Waals surface area contributed by atoms with Crippen LogP contribution in [-0.4, -0.2) is 25.7 Å². The molecule has 0 saturated heterocycles. The number of rotatable bonds is 6. The summed E-state index contributed by atoms with van der Waals surface area (Å²) in [5, 5.41) is 7.16. The molecule has 0 unspecified atom stereocenters. The van der Waals surface area contributed by atoms with E-state index < -0.39 is 0 Å². The molecule has 1 aromatic carbocycles. The van der Waals surface area contributed by atoms with Gasteiger partial charge in [-0.3, -0.25) is 9.48 Å². The van der Waals surface area contributed by atoms with Gasteiger partial charge in [0, 0.05) is 24.9 Å². The molecule has 3 aromatic rings. The van der Waals surface area contributed by atoms with Gasteiger partial charge in [0.15, 0.2) is 0 Å². The Hall–Kier alpha value is -2.89. The predicted molar refractivity (Wildman–Crippen MR) is 98.7 cm³/mol. The third kappa shape index (κ3) is 3.96. The summed E-state index contributed by atoms with van der Waals surface area (Å²) in [7, 11) is 1.85. The fraction of sp³-hybridized carbons (Fsp3) is 0.316. The molecule has 6 nitrogen and oxygen atoms in total. The van der Waals surface area contributed by atoms with Gasteiger partial charge < -0.3 is 10.3 Å².